The predicted octanol–water partition coefficient (Wildman–Crippen LogP) is 0.693. The van der Waals surface area contributed by atoms with Gasteiger partial charge in [0.1, 0.15) is 13.2 Å². The number of carbonyl (C=O) groups is 2. The summed E-state index contributed by atoms with van der Waals surface area (Å²) < 4.78 is 49.0. The Labute approximate surface area is 147 Å². The second kappa shape index (κ2) is 12.6. The normalized spacial score (nSPS) is 13.6. The summed E-state index contributed by atoms with van der Waals surface area (Å²) in [5.41, 5.74) is 0. The van der Waals surface area contributed by atoms with E-state index in [0.29, 0.717) is 6.61 Å². The van der Waals surface area contributed by atoms with Crippen LogP contribution < -0.4 is 5.32 Å². The van der Waals surface area contributed by atoms with Crippen molar-refractivity contribution in [3.63, 3.8) is 0 Å². The second-order valence-corrected chi connectivity index (χ2v) is 6.18. The van der Waals surface area contributed by atoms with Crippen molar-refractivity contribution >= 4 is 22.5 Å². The third-order valence-corrected chi connectivity index (χ3v) is 3.30. The smallest absolute Gasteiger partial charge is 0.407 e. The highest BCUT2D eigenvalue weighted by Crippen LogP contribution is 2.04. The second-order valence-electron chi connectivity index (χ2n) is 5.09. The van der Waals surface area contributed by atoms with Crippen molar-refractivity contribution in [3.05, 3.63) is 12.7 Å². The number of ether oxygens (including phenoxy) is 3. The lowest BCUT2D eigenvalue weighted by Gasteiger charge is -2.18. The third kappa shape index (κ3) is 14.4. The van der Waals surface area contributed by atoms with Crippen LogP contribution in [0.1, 0.15) is 20.3 Å². The van der Waals surface area contributed by atoms with Crippen molar-refractivity contribution in [2.24, 2.45) is 5.92 Å². The van der Waals surface area contributed by atoms with E-state index in [0.717, 1.165) is 12.5 Å². The first-order chi connectivity index (χ1) is 11.7. The zero-order valence-corrected chi connectivity index (χ0v) is 15.1. The lowest BCUT2D eigenvalue weighted by Crippen LogP contribution is -2.36. The zero-order valence-electron chi connectivity index (χ0n) is 14.3. The van der Waals surface area contributed by atoms with Crippen LogP contribution in [-0.2, 0) is 33.6 Å². The van der Waals surface area contributed by atoms with Gasteiger partial charge in [-0.15, -0.1) is 0 Å². The van der Waals surface area contributed by atoms with Crippen LogP contribution in [0.5, 0.6) is 0 Å². The average Bonchev–Trinajstić information content (AvgIpc) is 2.55. The van der Waals surface area contributed by atoms with Gasteiger partial charge in [-0.2, -0.15) is 8.42 Å². The summed E-state index contributed by atoms with van der Waals surface area (Å²) in [5.74, 6) is -0.357. The van der Waals surface area contributed by atoms with Crippen LogP contribution in [0.3, 0.4) is 0 Å². The number of amides is 1. The number of nitrogens with one attached hydrogen (secondary N) is 1. The molecule has 25 heavy (non-hydrogen) atoms. The van der Waals surface area contributed by atoms with Crippen LogP contribution >= 0.6 is 0 Å². The molecule has 0 aliphatic rings. The molecule has 0 aliphatic carbocycles. The summed E-state index contributed by atoms with van der Waals surface area (Å²) in [7, 11) is -4.67. The van der Waals surface area contributed by atoms with Gasteiger partial charge in [0.25, 0.3) is 0 Å². The Bertz CT molecular complexity index is 520. The van der Waals surface area contributed by atoms with E-state index in [9.17, 15) is 18.0 Å². The van der Waals surface area contributed by atoms with Gasteiger partial charge in [-0.05, 0) is 5.92 Å². The molecule has 0 rings (SSSR count). The van der Waals surface area contributed by atoms with Gasteiger partial charge in [0, 0.05) is 12.7 Å². The van der Waals surface area contributed by atoms with Crippen LogP contribution in [0.25, 0.3) is 0 Å². The molecule has 0 spiro atoms. The molecule has 0 saturated heterocycles. The van der Waals surface area contributed by atoms with E-state index in [-0.39, 0.29) is 25.7 Å². The molecule has 0 heterocycles. The van der Waals surface area contributed by atoms with Crippen molar-refractivity contribution in [2.75, 3.05) is 33.0 Å². The molecule has 2 unspecified atom stereocenters. The summed E-state index contributed by atoms with van der Waals surface area (Å²) in [6, 6.07) is 0. The minimum Gasteiger partial charge on any atom is -0.461 e. The Morgan fingerprint density at radius 2 is 1.96 bits per heavy atom. The molecule has 0 saturated carbocycles. The van der Waals surface area contributed by atoms with E-state index < -0.39 is 35.2 Å². The molecule has 0 radical (unpaired) electrons. The first kappa shape index (κ1) is 23.3. The van der Waals surface area contributed by atoms with Gasteiger partial charge in [0.05, 0.1) is 13.2 Å². The topological polar surface area (TPSA) is 137 Å². The molecule has 0 aromatic rings. The molecule has 10 nitrogen and oxygen atoms in total. The summed E-state index contributed by atoms with van der Waals surface area (Å²) >= 11 is 0. The van der Waals surface area contributed by atoms with E-state index >= 15 is 0 Å². The Morgan fingerprint density at radius 1 is 1.28 bits per heavy atom. The first-order valence-corrected chi connectivity index (χ1v) is 8.97. The van der Waals surface area contributed by atoms with Gasteiger partial charge in [-0.1, -0.05) is 26.8 Å². The number of rotatable bonds is 13. The largest absolute Gasteiger partial charge is 0.461 e. The van der Waals surface area contributed by atoms with Crippen LogP contribution in [0.4, 0.5) is 4.79 Å². The molecule has 2 atom stereocenters. The molecule has 0 fully saturated rings. The van der Waals surface area contributed by atoms with Crippen LogP contribution in [0, 0.1) is 5.92 Å². The lowest BCUT2D eigenvalue weighted by molar-refractivity contribution is -0.137. The standard InChI is InChI=1S/C14H25NO9S/c1-4-11(3)8-21-9-12(10-23-25(18,19)20)24-14(17)15-6-7-22-13(16)5-2/h5,11-12H,2,4,6-10H2,1,3H3,(H,15,17)(H,18,19,20). The maximum absolute atomic E-state index is 11.6. The Morgan fingerprint density at radius 3 is 2.52 bits per heavy atom. The fourth-order valence-electron chi connectivity index (χ4n) is 1.35. The number of hydrogen-bond donors (Lipinski definition) is 2. The molecule has 11 heteroatoms. The quantitative estimate of drug-likeness (QED) is 0.204. The minimum absolute atomic E-state index is 0.0159. The summed E-state index contributed by atoms with van der Waals surface area (Å²) in [6.45, 7) is 6.74. The highest BCUT2D eigenvalue weighted by atomic mass is 32.3. The fraction of sp³-hybridized carbons (Fsp3) is 0.714. The van der Waals surface area contributed by atoms with E-state index in [1.165, 1.54) is 0 Å². The number of alkyl carbamates (subject to hydrolysis) is 1. The molecule has 0 aliphatic heterocycles. The van der Waals surface area contributed by atoms with Gasteiger partial charge >= 0.3 is 22.5 Å². The molecular weight excluding hydrogens is 358 g/mol. The first-order valence-electron chi connectivity index (χ1n) is 7.61. The molecule has 2 N–H and O–H groups in total. The monoisotopic (exact) mass is 383 g/mol. The highest BCUT2D eigenvalue weighted by Gasteiger charge is 2.19. The number of carbonyl (C=O) groups excluding carboxylic acids is 2. The van der Waals surface area contributed by atoms with Crippen LogP contribution in [0.2, 0.25) is 0 Å². The highest BCUT2D eigenvalue weighted by molar-refractivity contribution is 7.80. The maximum Gasteiger partial charge on any atom is 0.407 e. The lowest BCUT2D eigenvalue weighted by atomic mass is 10.1. The summed E-state index contributed by atoms with van der Waals surface area (Å²) in [6.07, 6.45) is -0.0699. The Hall–Kier alpha value is -1.69. The molecule has 1 amide bonds. The molecular formula is C14H25NO9S. The van der Waals surface area contributed by atoms with Gasteiger partial charge in [-0.25, -0.2) is 13.8 Å². The van der Waals surface area contributed by atoms with Crippen molar-refractivity contribution in [1.82, 2.24) is 5.32 Å². The van der Waals surface area contributed by atoms with E-state index in [1.54, 1.807) is 0 Å². The van der Waals surface area contributed by atoms with E-state index in [1.807, 2.05) is 13.8 Å². The SMILES string of the molecule is C=CC(=O)OCCNC(=O)OC(COCC(C)CC)COS(=O)(=O)O. The minimum atomic E-state index is -4.67. The molecule has 0 aromatic heterocycles. The van der Waals surface area contributed by atoms with Gasteiger partial charge in [0.15, 0.2) is 6.10 Å². The molecule has 0 aromatic carbocycles. The average molecular weight is 383 g/mol. The molecule has 146 valence electrons. The van der Waals surface area contributed by atoms with Crippen LogP contribution in [-0.4, -0.2) is 64.1 Å². The number of hydrogen-bond acceptors (Lipinski definition) is 8. The number of esters is 1. The zero-order chi connectivity index (χ0) is 19.3. The molecule has 0 bridgehead atoms. The summed E-state index contributed by atoms with van der Waals surface area (Å²) in [4.78, 5) is 22.4. The predicted molar refractivity (Wildman–Crippen MR) is 87.2 cm³/mol. The van der Waals surface area contributed by atoms with Gasteiger partial charge < -0.3 is 19.5 Å². The van der Waals surface area contributed by atoms with E-state index in [2.05, 4.69) is 20.8 Å². The Kier molecular flexibility index (Phi) is 11.8. The van der Waals surface area contributed by atoms with Crippen molar-refractivity contribution < 1.29 is 41.0 Å². The summed E-state index contributed by atoms with van der Waals surface area (Å²) in [5, 5.41) is 2.30. The van der Waals surface area contributed by atoms with Gasteiger partial charge in [-0.3, -0.25) is 4.55 Å². The van der Waals surface area contributed by atoms with E-state index in [4.69, 9.17) is 14.0 Å². The van der Waals surface area contributed by atoms with Crippen molar-refractivity contribution in [3.8, 4) is 0 Å². The van der Waals surface area contributed by atoms with Gasteiger partial charge in [0.2, 0.25) is 0 Å². The van der Waals surface area contributed by atoms with Crippen molar-refractivity contribution in [2.45, 2.75) is 26.4 Å². The Balaban J connectivity index is 4.31. The third-order valence-electron chi connectivity index (χ3n) is 2.86. The maximum atomic E-state index is 11.6. The van der Waals surface area contributed by atoms with Crippen LogP contribution in [0.15, 0.2) is 12.7 Å². The fourth-order valence-corrected chi connectivity index (χ4v) is 1.68. The van der Waals surface area contributed by atoms with Crippen molar-refractivity contribution in [1.29, 1.82) is 0 Å².